The standard InChI is InChI=1S/C12H20N4O3S/c1-2-6-20(18,19)8-12(17)15-5-3-4-11(7-15)16-10-13-9-14-16/h9-11H,2-8H2,1H3/t11-/m1/s1. The molecule has 20 heavy (non-hydrogen) atoms. The fourth-order valence-corrected chi connectivity index (χ4v) is 3.79. The van der Waals surface area contributed by atoms with E-state index in [0.717, 1.165) is 12.8 Å². The minimum absolute atomic E-state index is 0.0685. The van der Waals surface area contributed by atoms with E-state index in [1.165, 1.54) is 6.33 Å². The van der Waals surface area contributed by atoms with E-state index < -0.39 is 9.84 Å². The van der Waals surface area contributed by atoms with Gasteiger partial charge in [0.2, 0.25) is 5.91 Å². The molecular formula is C12H20N4O3S. The Morgan fingerprint density at radius 2 is 2.25 bits per heavy atom. The van der Waals surface area contributed by atoms with Crippen LogP contribution in [0.15, 0.2) is 12.7 Å². The minimum atomic E-state index is -3.28. The molecule has 1 atom stereocenters. The van der Waals surface area contributed by atoms with Gasteiger partial charge in [-0.1, -0.05) is 6.92 Å². The van der Waals surface area contributed by atoms with Crippen molar-refractivity contribution in [2.75, 3.05) is 24.6 Å². The lowest BCUT2D eigenvalue weighted by Gasteiger charge is -2.32. The smallest absolute Gasteiger partial charge is 0.237 e. The van der Waals surface area contributed by atoms with Gasteiger partial charge in [-0.3, -0.25) is 4.79 Å². The Labute approximate surface area is 118 Å². The summed E-state index contributed by atoms with van der Waals surface area (Å²) < 4.78 is 25.2. The first-order chi connectivity index (χ1) is 9.52. The monoisotopic (exact) mass is 300 g/mol. The maximum absolute atomic E-state index is 12.1. The van der Waals surface area contributed by atoms with Crippen molar-refractivity contribution in [3.8, 4) is 0 Å². The highest BCUT2D eigenvalue weighted by atomic mass is 32.2. The maximum atomic E-state index is 12.1. The summed E-state index contributed by atoms with van der Waals surface area (Å²) in [6.45, 7) is 2.92. The zero-order valence-corrected chi connectivity index (χ0v) is 12.4. The lowest BCUT2D eigenvalue weighted by Crippen LogP contribution is -2.43. The van der Waals surface area contributed by atoms with Crippen molar-refractivity contribution in [3.05, 3.63) is 12.7 Å². The van der Waals surface area contributed by atoms with Crippen LogP contribution in [-0.4, -0.2) is 58.6 Å². The number of amides is 1. The van der Waals surface area contributed by atoms with Crippen LogP contribution in [0.5, 0.6) is 0 Å². The van der Waals surface area contributed by atoms with Gasteiger partial charge in [-0.2, -0.15) is 5.10 Å². The molecule has 7 nitrogen and oxygen atoms in total. The average molecular weight is 300 g/mol. The number of rotatable bonds is 5. The summed E-state index contributed by atoms with van der Waals surface area (Å²) in [4.78, 5) is 17.6. The molecule has 2 rings (SSSR count). The molecule has 0 aliphatic carbocycles. The third-order valence-electron chi connectivity index (χ3n) is 3.42. The molecule has 0 aromatic carbocycles. The quantitative estimate of drug-likeness (QED) is 0.779. The number of likely N-dealkylation sites (tertiary alicyclic amines) is 1. The molecule has 0 spiro atoms. The molecule has 1 aromatic heterocycles. The Hall–Kier alpha value is -1.44. The molecule has 1 aliphatic heterocycles. The Morgan fingerprint density at radius 1 is 1.45 bits per heavy atom. The summed E-state index contributed by atoms with van der Waals surface area (Å²) in [6, 6.07) is 0.0871. The third-order valence-corrected chi connectivity index (χ3v) is 5.14. The zero-order valence-electron chi connectivity index (χ0n) is 11.6. The van der Waals surface area contributed by atoms with E-state index in [0.29, 0.717) is 19.5 Å². The number of aromatic nitrogens is 3. The van der Waals surface area contributed by atoms with Gasteiger partial charge in [0, 0.05) is 13.1 Å². The number of hydrogen-bond acceptors (Lipinski definition) is 5. The van der Waals surface area contributed by atoms with Gasteiger partial charge in [0.25, 0.3) is 0 Å². The predicted molar refractivity (Wildman–Crippen MR) is 73.8 cm³/mol. The van der Waals surface area contributed by atoms with Gasteiger partial charge in [-0.15, -0.1) is 0 Å². The summed E-state index contributed by atoms with van der Waals surface area (Å²) >= 11 is 0. The second-order valence-corrected chi connectivity index (χ2v) is 7.29. The Balaban J connectivity index is 1.97. The van der Waals surface area contributed by atoms with E-state index in [1.807, 2.05) is 0 Å². The van der Waals surface area contributed by atoms with Gasteiger partial charge >= 0.3 is 0 Å². The molecule has 0 unspecified atom stereocenters. The molecule has 8 heteroatoms. The van der Waals surface area contributed by atoms with Crippen molar-refractivity contribution >= 4 is 15.7 Å². The van der Waals surface area contributed by atoms with E-state index in [9.17, 15) is 13.2 Å². The Bertz CT molecular complexity index is 541. The molecule has 1 aromatic rings. The molecule has 0 saturated carbocycles. The van der Waals surface area contributed by atoms with Crippen LogP contribution in [0, 0.1) is 0 Å². The van der Waals surface area contributed by atoms with Gasteiger partial charge in [0.15, 0.2) is 9.84 Å². The number of sulfone groups is 1. The lowest BCUT2D eigenvalue weighted by molar-refractivity contribution is -0.130. The van der Waals surface area contributed by atoms with E-state index in [1.54, 1.807) is 22.8 Å². The molecule has 2 heterocycles. The first-order valence-electron chi connectivity index (χ1n) is 6.84. The van der Waals surface area contributed by atoms with Crippen LogP contribution in [0.2, 0.25) is 0 Å². The fraction of sp³-hybridized carbons (Fsp3) is 0.750. The van der Waals surface area contributed by atoms with Gasteiger partial charge in [0.05, 0.1) is 11.8 Å². The van der Waals surface area contributed by atoms with Crippen LogP contribution < -0.4 is 0 Å². The number of piperidine rings is 1. The number of nitrogens with zero attached hydrogens (tertiary/aromatic N) is 4. The van der Waals surface area contributed by atoms with Crippen LogP contribution >= 0.6 is 0 Å². The molecule has 1 saturated heterocycles. The summed E-state index contributed by atoms with van der Waals surface area (Å²) in [5, 5.41) is 4.09. The van der Waals surface area contributed by atoms with E-state index >= 15 is 0 Å². The molecular weight excluding hydrogens is 280 g/mol. The number of hydrogen-bond donors (Lipinski definition) is 0. The first kappa shape index (κ1) is 15.0. The van der Waals surface area contributed by atoms with Crippen LogP contribution in [-0.2, 0) is 14.6 Å². The van der Waals surface area contributed by atoms with Crippen molar-refractivity contribution in [2.24, 2.45) is 0 Å². The van der Waals surface area contributed by atoms with Crippen molar-refractivity contribution in [1.29, 1.82) is 0 Å². The Morgan fingerprint density at radius 3 is 2.90 bits per heavy atom. The molecule has 0 bridgehead atoms. The largest absolute Gasteiger partial charge is 0.340 e. The fourth-order valence-electron chi connectivity index (χ4n) is 2.47. The molecule has 0 radical (unpaired) electrons. The normalized spacial score (nSPS) is 20.1. The van der Waals surface area contributed by atoms with Gasteiger partial charge in [-0.25, -0.2) is 18.1 Å². The van der Waals surface area contributed by atoms with Crippen LogP contribution in [0.3, 0.4) is 0 Å². The van der Waals surface area contributed by atoms with E-state index in [2.05, 4.69) is 10.1 Å². The van der Waals surface area contributed by atoms with Crippen molar-refractivity contribution in [3.63, 3.8) is 0 Å². The lowest BCUT2D eigenvalue weighted by atomic mass is 10.1. The van der Waals surface area contributed by atoms with Crippen LogP contribution in [0.4, 0.5) is 0 Å². The number of carbonyl (C=O) groups is 1. The van der Waals surface area contributed by atoms with E-state index in [4.69, 9.17) is 0 Å². The first-order valence-corrected chi connectivity index (χ1v) is 8.66. The molecule has 1 amide bonds. The summed E-state index contributed by atoms with van der Waals surface area (Å²) in [6.07, 6.45) is 5.41. The van der Waals surface area contributed by atoms with Gasteiger partial charge < -0.3 is 4.90 Å². The molecule has 112 valence electrons. The summed E-state index contributed by atoms with van der Waals surface area (Å²) in [7, 11) is -3.28. The minimum Gasteiger partial charge on any atom is -0.340 e. The highest BCUT2D eigenvalue weighted by molar-refractivity contribution is 7.92. The van der Waals surface area contributed by atoms with Crippen molar-refractivity contribution in [1.82, 2.24) is 19.7 Å². The second-order valence-electron chi connectivity index (χ2n) is 5.10. The summed E-state index contributed by atoms with van der Waals surface area (Å²) in [5.74, 6) is -0.618. The van der Waals surface area contributed by atoms with E-state index in [-0.39, 0.29) is 23.5 Å². The van der Waals surface area contributed by atoms with Gasteiger partial charge in [-0.05, 0) is 19.3 Å². The Kier molecular flexibility index (Phi) is 4.74. The highest BCUT2D eigenvalue weighted by Crippen LogP contribution is 2.20. The summed E-state index contributed by atoms with van der Waals surface area (Å²) in [5.41, 5.74) is 0. The molecule has 1 fully saturated rings. The second kappa shape index (κ2) is 6.34. The maximum Gasteiger partial charge on any atom is 0.237 e. The van der Waals surface area contributed by atoms with Crippen molar-refractivity contribution in [2.45, 2.75) is 32.2 Å². The predicted octanol–water partition coefficient (Wildman–Crippen LogP) is 0.266. The molecule has 0 N–H and O–H groups in total. The van der Waals surface area contributed by atoms with Gasteiger partial charge in [0.1, 0.15) is 18.4 Å². The average Bonchev–Trinajstić information content (AvgIpc) is 2.92. The highest BCUT2D eigenvalue weighted by Gasteiger charge is 2.27. The van der Waals surface area contributed by atoms with Crippen LogP contribution in [0.1, 0.15) is 32.2 Å². The molecule has 1 aliphatic rings. The number of carbonyl (C=O) groups excluding carboxylic acids is 1. The third kappa shape index (κ3) is 3.78. The van der Waals surface area contributed by atoms with Crippen LogP contribution in [0.25, 0.3) is 0 Å². The topological polar surface area (TPSA) is 85.2 Å². The van der Waals surface area contributed by atoms with Crippen molar-refractivity contribution < 1.29 is 13.2 Å². The zero-order chi connectivity index (χ0) is 14.6. The SMILES string of the molecule is CCCS(=O)(=O)CC(=O)N1CCC[C@@H](n2cncn2)C1.